The molecule has 1 atom stereocenters. The monoisotopic (exact) mass is 237 g/mol. The third-order valence-electron chi connectivity index (χ3n) is 2.69. The molecule has 0 aromatic heterocycles. The van der Waals surface area contributed by atoms with Gasteiger partial charge in [-0.3, -0.25) is 0 Å². The molecule has 0 amide bonds. The van der Waals surface area contributed by atoms with E-state index < -0.39 is 0 Å². The Morgan fingerprint density at radius 3 is 2.75 bits per heavy atom. The Bertz CT molecular complexity index is 376. The maximum Gasteiger partial charge on any atom is 0.122 e. The van der Waals surface area contributed by atoms with Gasteiger partial charge in [-0.25, -0.2) is 0 Å². The summed E-state index contributed by atoms with van der Waals surface area (Å²) in [6.07, 6.45) is 1.12. The van der Waals surface area contributed by atoms with Crippen molar-refractivity contribution >= 4 is 17.2 Å². The predicted molar refractivity (Wildman–Crippen MR) is 72.0 cm³/mol. The molecule has 1 aromatic carbocycles. The van der Waals surface area contributed by atoms with Crippen LogP contribution in [0.2, 0.25) is 0 Å². The lowest BCUT2D eigenvalue weighted by Crippen LogP contribution is -2.11. The molecule has 0 saturated heterocycles. The molecule has 16 heavy (non-hydrogen) atoms. The number of aryl methyl sites for hydroxylation is 1. The van der Waals surface area contributed by atoms with Crippen LogP contribution in [0.25, 0.3) is 0 Å². The van der Waals surface area contributed by atoms with Crippen LogP contribution in [0, 0.1) is 12.8 Å². The second kappa shape index (κ2) is 5.85. The zero-order valence-electron chi connectivity index (χ0n) is 10.1. The summed E-state index contributed by atoms with van der Waals surface area (Å²) < 4.78 is 5.77. The zero-order valence-corrected chi connectivity index (χ0v) is 10.9. The quantitative estimate of drug-likeness (QED) is 0.799. The molecule has 0 fully saturated rings. The number of rotatable bonds is 5. The van der Waals surface area contributed by atoms with Crippen molar-refractivity contribution in [2.45, 2.75) is 27.2 Å². The summed E-state index contributed by atoms with van der Waals surface area (Å²) in [5.74, 6) is 1.44. The van der Waals surface area contributed by atoms with Gasteiger partial charge < -0.3 is 10.5 Å². The van der Waals surface area contributed by atoms with Crippen LogP contribution in [-0.4, -0.2) is 11.6 Å². The van der Waals surface area contributed by atoms with Crippen molar-refractivity contribution in [2.75, 3.05) is 6.61 Å². The molecular weight excluding hydrogens is 218 g/mol. The standard InChI is InChI=1S/C13H19NOS/c1-4-9(2)8-15-12-7-11(13(14)16)6-5-10(12)3/h5-7,9H,4,8H2,1-3H3,(H2,14,16). The number of benzene rings is 1. The number of hydrogen-bond acceptors (Lipinski definition) is 2. The van der Waals surface area contributed by atoms with Crippen molar-refractivity contribution in [3.63, 3.8) is 0 Å². The Morgan fingerprint density at radius 2 is 2.19 bits per heavy atom. The third-order valence-corrected chi connectivity index (χ3v) is 2.93. The van der Waals surface area contributed by atoms with Crippen LogP contribution in [0.3, 0.4) is 0 Å². The van der Waals surface area contributed by atoms with E-state index in [4.69, 9.17) is 22.7 Å². The summed E-state index contributed by atoms with van der Waals surface area (Å²) in [5, 5.41) is 0. The Balaban J connectivity index is 2.78. The highest BCUT2D eigenvalue weighted by Gasteiger charge is 2.05. The van der Waals surface area contributed by atoms with Gasteiger partial charge in [-0.15, -0.1) is 0 Å². The summed E-state index contributed by atoms with van der Waals surface area (Å²) in [6, 6.07) is 5.83. The molecule has 1 unspecified atom stereocenters. The maximum absolute atomic E-state index is 5.77. The highest BCUT2D eigenvalue weighted by molar-refractivity contribution is 7.80. The van der Waals surface area contributed by atoms with E-state index in [0.29, 0.717) is 10.9 Å². The second-order valence-corrected chi connectivity index (χ2v) is 4.61. The van der Waals surface area contributed by atoms with Crippen LogP contribution in [0.5, 0.6) is 5.75 Å². The van der Waals surface area contributed by atoms with Gasteiger partial charge >= 0.3 is 0 Å². The van der Waals surface area contributed by atoms with Gasteiger partial charge in [-0.1, -0.05) is 44.6 Å². The van der Waals surface area contributed by atoms with Gasteiger partial charge in [0.05, 0.1) is 6.61 Å². The first-order chi connectivity index (χ1) is 7.54. The lowest BCUT2D eigenvalue weighted by Gasteiger charge is -2.13. The van der Waals surface area contributed by atoms with Crippen molar-refractivity contribution in [2.24, 2.45) is 11.7 Å². The van der Waals surface area contributed by atoms with Crippen molar-refractivity contribution in [1.29, 1.82) is 0 Å². The first-order valence-electron chi connectivity index (χ1n) is 5.57. The fourth-order valence-electron chi connectivity index (χ4n) is 1.26. The van der Waals surface area contributed by atoms with E-state index in [2.05, 4.69) is 13.8 Å². The van der Waals surface area contributed by atoms with E-state index >= 15 is 0 Å². The first kappa shape index (κ1) is 13.0. The lowest BCUT2D eigenvalue weighted by molar-refractivity contribution is 0.255. The molecule has 0 aliphatic rings. The molecule has 88 valence electrons. The van der Waals surface area contributed by atoms with Crippen molar-refractivity contribution in [3.8, 4) is 5.75 Å². The molecule has 0 aliphatic heterocycles. The largest absolute Gasteiger partial charge is 0.493 e. The molecule has 2 N–H and O–H groups in total. The van der Waals surface area contributed by atoms with E-state index in [-0.39, 0.29) is 0 Å². The second-order valence-electron chi connectivity index (χ2n) is 4.17. The van der Waals surface area contributed by atoms with Crippen LogP contribution in [0.1, 0.15) is 31.4 Å². The van der Waals surface area contributed by atoms with E-state index in [9.17, 15) is 0 Å². The van der Waals surface area contributed by atoms with Gasteiger partial charge in [0.15, 0.2) is 0 Å². The molecule has 1 rings (SSSR count). The highest BCUT2D eigenvalue weighted by Crippen LogP contribution is 2.20. The van der Waals surface area contributed by atoms with Crippen molar-refractivity contribution in [3.05, 3.63) is 29.3 Å². The fourth-order valence-corrected chi connectivity index (χ4v) is 1.39. The normalized spacial score (nSPS) is 12.2. The van der Waals surface area contributed by atoms with Crippen molar-refractivity contribution in [1.82, 2.24) is 0 Å². The van der Waals surface area contributed by atoms with E-state index in [0.717, 1.165) is 29.9 Å². The predicted octanol–water partition coefficient (Wildman–Crippen LogP) is 3.05. The van der Waals surface area contributed by atoms with Crippen LogP contribution in [-0.2, 0) is 0 Å². The Hall–Kier alpha value is -1.09. The zero-order chi connectivity index (χ0) is 12.1. The van der Waals surface area contributed by atoms with Gasteiger partial charge in [0.2, 0.25) is 0 Å². The van der Waals surface area contributed by atoms with Crippen LogP contribution >= 0.6 is 12.2 Å². The molecule has 0 radical (unpaired) electrons. The van der Waals surface area contributed by atoms with E-state index in [1.807, 2.05) is 25.1 Å². The number of ether oxygens (including phenoxy) is 1. The number of nitrogens with two attached hydrogens (primary N) is 1. The SMILES string of the molecule is CCC(C)COc1cc(C(N)=S)ccc1C. The average molecular weight is 237 g/mol. The third kappa shape index (κ3) is 3.49. The number of hydrogen-bond donors (Lipinski definition) is 1. The minimum atomic E-state index is 0.411. The summed E-state index contributed by atoms with van der Waals surface area (Å²) in [6.45, 7) is 7.09. The maximum atomic E-state index is 5.77. The molecule has 0 saturated carbocycles. The van der Waals surface area contributed by atoms with E-state index in [1.54, 1.807) is 0 Å². The Labute approximate surface area is 103 Å². The number of thiocarbonyl (C=S) groups is 1. The fraction of sp³-hybridized carbons (Fsp3) is 0.462. The van der Waals surface area contributed by atoms with E-state index in [1.165, 1.54) is 0 Å². The van der Waals surface area contributed by atoms with Gasteiger partial charge in [0.25, 0.3) is 0 Å². The summed E-state index contributed by atoms with van der Waals surface area (Å²) in [7, 11) is 0. The molecule has 3 heteroatoms. The molecular formula is C13H19NOS. The molecule has 1 aromatic rings. The van der Waals surface area contributed by atoms with Gasteiger partial charge in [-0.05, 0) is 24.5 Å². The lowest BCUT2D eigenvalue weighted by atomic mass is 10.1. The molecule has 0 bridgehead atoms. The minimum absolute atomic E-state index is 0.411. The summed E-state index contributed by atoms with van der Waals surface area (Å²) in [5.41, 5.74) is 7.57. The van der Waals surface area contributed by atoms with Crippen molar-refractivity contribution < 1.29 is 4.74 Å². The van der Waals surface area contributed by atoms with Crippen LogP contribution in [0.4, 0.5) is 0 Å². The molecule has 0 aliphatic carbocycles. The van der Waals surface area contributed by atoms with Crippen LogP contribution in [0.15, 0.2) is 18.2 Å². The molecule has 0 spiro atoms. The highest BCUT2D eigenvalue weighted by atomic mass is 32.1. The minimum Gasteiger partial charge on any atom is -0.493 e. The van der Waals surface area contributed by atoms with Gasteiger partial charge in [0.1, 0.15) is 10.7 Å². The molecule has 2 nitrogen and oxygen atoms in total. The first-order valence-corrected chi connectivity index (χ1v) is 5.98. The summed E-state index contributed by atoms with van der Waals surface area (Å²) >= 11 is 4.95. The Kier molecular flexibility index (Phi) is 4.74. The Morgan fingerprint density at radius 1 is 1.50 bits per heavy atom. The van der Waals surface area contributed by atoms with Gasteiger partial charge in [0, 0.05) is 5.56 Å². The molecule has 0 heterocycles. The van der Waals surface area contributed by atoms with Crippen LogP contribution < -0.4 is 10.5 Å². The summed E-state index contributed by atoms with van der Waals surface area (Å²) in [4.78, 5) is 0.411. The smallest absolute Gasteiger partial charge is 0.122 e. The van der Waals surface area contributed by atoms with Gasteiger partial charge in [-0.2, -0.15) is 0 Å². The topological polar surface area (TPSA) is 35.2 Å². The average Bonchev–Trinajstić information content (AvgIpc) is 2.27.